The molecule has 2 rings (SSSR count). The van der Waals surface area contributed by atoms with Gasteiger partial charge in [0.2, 0.25) is 0 Å². The van der Waals surface area contributed by atoms with Crippen LogP contribution in [0.2, 0.25) is 0 Å². The summed E-state index contributed by atoms with van der Waals surface area (Å²) in [6, 6.07) is 1.97. The largest absolute Gasteiger partial charge is 0.357 e. The molecule has 5 heteroatoms. The Morgan fingerprint density at radius 2 is 2.53 bits per heavy atom. The Labute approximate surface area is 87.1 Å². The molecular weight excluding hydrogens is 192 g/mol. The molecule has 1 amide bonds. The smallest absolute Gasteiger partial charge is 0.254 e. The topological polar surface area (TPSA) is 62.7 Å². The van der Waals surface area contributed by atoms with E-state index in [0.29, 0.717) is 12.1 Å². The number of H-pyrrole nitrogens is 1. The average Bonchev–Trinajstić information content (AvgIpc) is 2.84. The number of carbonyl (C=O) groups is 1. The second kappa shape index (κ2) is 4.00. The molecule has 15 heavy (non-hydrogen) atoms. The molecular formula is C10H12N4O. The highest BCUT2D eigenvalue weighted by Gasteiger charge is 2.05. The number of hydrogen-bond donors (Lipinski definition) is 2. The molecule has 0 fully saturated rings. The molecule has 0 saturated heterocycles. The Kier molecular flexibility index (Phi) is 2.53. The van der Waals surface area contributed by atoms with E-state index in [4.69, 9.17) is 0 Å². The van der Waals surface area contributed by atoms with Gasteiger partial charge in [-0.3, -0.25) is 9.89 Å². The van der Waals surface area contributed by atoms with E-state index in [1.807, 2.05) is 30.1 Å². The number of hydrogen-bond acceptors (Lipinski definition) is 2. The van der Waals surface area contributed by atoms with Gasteiger partial charge in [0, 0.05) is 32.2 Å². The number of aromatic nitrogens is 3. The van der Waals surface area contributed by atoms with Crippen LogP contribution in [-0.4, -0.2) is 20.7 Å². The van der Waals surface area contributed by atoms with Crippen LogP contribution >= 0.6 is 0 Å². The average molecular weight is 204 g/mol. The first-order valence-corrected chi connectivity index (χ1v) is 4.63. The molecule has 0 aliphatic heterocycles. The summed E-state index contributed by atoms with van der Waals surface area (Å²) in [6.45, 7) is 0.533. The van der Waals surface area contributed by atoms with Crippen LogP contribution in [0.1, 0.15) is 15.9 Å². The molecule has 5 nitrogen and oxygen atoms in total. The van der Waals surface area contributed by atoms with Crippen LogP contribution in [-0.2, 0) is 13.6 Å². The Bertz CT molecular complexity index is 444. The molecule has 0 unspecified atom stereocenters. The molecule has 0 saturated carbocycles. The third kappa shape index (κ3) is 2.25. The maximum atomic E-state index is 11.5. The molecule has 2 heterocycles. The fraction of sp³-hybridized carbons (Fsp3) is 0.200. The van der Waals surface area contributed by atoms with E-state index in [9.17, 15) is 4.79 Å². The molecule has 2 aromatic rings. The number of amides is 1. The fourth-order valence-electron chi connectivity index (χ4n) is 1.32. The summed E-state index contributed by atoms with van der Waals surface area (Å²) in [7, 11) is 1.95. The number of aryl methyl sites for hydroxylation is 1. The zero-order valence-electron chi connectivity index (χ0n) is 8.40. The Morgan fingerprint density at radius 1 is 1.67 bits per heavy atom. The third-order valence-corrected chi connectivity index (χ3v) is 2.11. The van der Waals surface area contributed by atoms with Crippen molar-refractivity contribution >= 4 is 5.91 Å². The summed E-state index contributed by atoms with van der Waals surface area (Å²) in [5.74, 6) is -0.118. The van der Waals surface area contributed by atoms with Crippen molar-refractivity contribution in [3.05, 3.63) is 42.0 Å². The Hall–Kier alpha value is -2.04. The van der Waals surface area contributed by atoms with Gasteiger partial charge in [-0.15, -0.1) is 0 Å². The highest BCUT2D eigenvalue weighted by atomic mass is 16.1. The van der Waals surface area contributed by atoms with Crippen LogP contribution in [0, 0.1) is 0 Å². The summed E-state index contributed by atoms with van der Waals surface area (Å²) >= 11 is 0. The van der Waals surface area contributed by atoms with Gasteiger partial charge in [0.15, 0.2) is 0 Å². The van der Waals surface area contributed by atoms with Crippen molar-refractivity contribution < 1.29 is 4.79 Å². The molecule has 0 spiro atoms. The van der Waals surface area contributed by atoms with Crippen molar-refractivity contribution in [3.8, 4) is 0 Å². The van der Waals surface area contributed by atoms with Crippen molar-refractivity contribution in [1.82, 2.24) is 20.1 Å². The van der Waals surface area contributed by atoms with E-state index in [1.165, 1.54) is 6.20 Å². The fourth-order valence-corrected chi connectivity index (χ4v) is 1.32. The molecule has 0 aromatic carbocycles. The molecule has 2 aromatic heterocycles. The summed E-state index contributed by atoms with van der Waals surface area (Å²) in [5, 5.41) is 9.11. The van der Waals surface area contributed by atoms with Crippen LogP contribution in [0.25, 0.3) is 0 Å². The van der Waals surface area contributed by atoms with Crippen LogP contribution < -0.4 is 5.32 Å². The standard InChI is InChI=1S/C10H12N4O/c1-14-3-2-8(7-14)4-11-10(15)9-5-12-13-6-9/h2-3,5-7H,4H2,1H3,(H,11,15)(H,12,13). The van der Waals surface area contributed by atoms with Gasteiger partial charge in [-0.05, 0) is 11.6 Å². The minimum absolute atomic E-state index is 0.118. The maximum Gasteiger partial charge on any atom is 0.254 e. The Morgan fingerprint density at radius 3 is 3.13 bits per heavy atom. The first-order valence-electron chi connectivity index (χ1n) is 4.63. The normalized spacial score (nSPS) is 10.2. The lowest BCUT2D eigenvalue weighted by molar-refractivity contribution is 0.0951. The van der Waals surface area contributed by atoms with Gasteiger partial charge in [0.1, 0.15) is 0 Å². The van der Waals surface area contributed by atoms with Gasteiger partial charge >= 0.3 is 0 Å². The van der Waals surface area contributed by atoms with Gasteiger partial charge in [-0.25, -0.2) is 0 Å². The zero-order valence-corrected chi connectivity index (χ0v) is 8.40. The second-order valence-corrected chi connectivity index (χ2v) is 3.35. The molecule has 0 aliphatic carbocycles. The summed E-state index contributed by atoms with van der Waals surface area (Å²) < 4.78 is 1.94. The minimum atomic E-state index is -0.118. The van der Waals surface area contributed by atoms with Crippen molar-refractivity contribution in [3.63, 3.8) is 0 Å². The summed E-state index contributed by atoms with van der Waals surface area (Å²) in [5.41, 5.74) is 1.63. The quantitative estimate of drug-likeness (QED) is 0.772. The minimum Gasteiger partial charge on any atom is -0.357 e. The molecule has 0 atom stereocenters. The number of nitrogens with zero attached hydrogens (tertiary/aromatic N) is 2. The summed E-state index contributed by atoms with van der Waals surface area (Å²) in [6.07, 6.45) is 6.98. The number of aromatic amines is 1. The lowest BCUT2D eigenvalue weighted by atomic mass is 10.3. The van der Waals surface area contributed by atoms with Gasteiger partial charge in [0.25, 0.3) is 5.91 Å². The van der Waals surface area contributed by atoms with E-state index < -0.39 is 0 Å². The maximum absolute atomic E-state index is 11.5. The van der Waals surface area contributed by atoms with E-state index in [1.54, 1.807) is 6.20 Å². The van der Waals surface area contributed by atoms with Gasteiger partial charge < -0.3 is 9.88 Å². The predicted molar refractivity (Wildman–Crippen MR) is 55.2 cm³/mol. The lowest BCUT2D eigenvalue weighted by Crippen LogP contribution is -2.22. The van der Waals surface area contributed by atoms with Crippen LogP contribution in [0.4, 0.5) is 0 Å². The van der Waals surface area contributed by atoms with Gasteiger partial charge in [0.05, 0.1) is 11.8 Å². The number of nitrogens with one attached hydrogen (secondary N) is 2. The molecule has 0 aliphatic rings. The highest BCUT2D eigenvalue weighted by molar-refractivity contribution is 5.93. The Balaban J connectivity index is 1.91. The van der Waals surface area contributed by atoms with E-state index in [0.717, 1.165) is 5.56 Å². The van der Waals surface area contributed by atoms with E-state index >= 15 is 0 Å². The van der Waals surface area contributed by atoms with Crippen molar-refractivity contribution in [1.29, 1.82) is 0 Å². The molecule has 2 N–H and O–H groups in total. The third-order valence-electron chi connectivity index (χ3n) is 2.11. The van der Waals surface area contributed by atoms with Crippen molar-refractivity contribution in [2.45, 2.75) is 6.54 Å². The first kappa shape index (κ1) is 9.51. The second-order valence-electron chi connectivity index (χ2n) is 3.35. The molecule has 0 bridgehead atoms. The number of carbonyl (C=O) groups excluding carboxylic acids is 1. The highest BCUT2D eigenvalue weighted by Crippen LogP contribution is 2.00. The molecule has 0 radical (unpaired) electrons. The van der Waals surface area contributed by atoms with E-state index in [-0.39, 0.29) is 5.91 Å². The van der Waals surface area contributed by atoms with Crippen LogP contribution in [0.15, 0.2) is 30.9 Å². The van der Waals surface area contributed by atoms with E-state index in [2.05, 4.69) is 15.5 Å². The van der Waals surface area contributed by atoms with Crippen molar-refractivity contribution in [2.75, 3.05) is 0 Å². The first-order chi connectivity index (χ1) is 7.25. The lowest BCUT2D eigenvalue weighted by Gasteiger charge is -2.00. The monoisotopic (exact) mass is 204 g/mol. The zero-order chi connectivity index (χ0) is 10.7. The summed E-state index contributed by atoms with van der Waals surface area (Å²) in [4.78, 5) is 11.5. The van der Waals surface area contributed by atoms with Crippen LogP contribution in [0.5, 0.6) is 0 Å². The van der Waals surface area contributed by atoms with Crippen LogP contribution in [0.3, 0.4) is 0 Å². The molecule has 78 valence electrons. The predicted octanol–water partition coefficient (Wildman–Crippen LogP) is 0.678. The SMILES string of the molecule is Cn1ccc(CNC(=O)c2cn[nH]c2)c1. The van der Waals surface area contributed by atoms with Gasteiger partial charge in [-0.1, -0.05) is 0 Å². The van der Waals surface area contributed by atoms with Crippen molar-refractivity contribution in [2.24, 2.45) is 7.05 Å². The number of rotatable bonds is 3. The van der Waals surface area contributed by atoms with Gasteiger partial charge in [-0.2, -0.15) is 5.10 Å².